The zero-order valence-corrected chi connectivity index (χ0v) is 96.9. The number of hydrogen-bond donors (Lipinski definition) is 0. The lowest BCUT2D eigenvalue weighted by Gasteiger charge is -2.12. The number of aromatic nitrogens is 7. The normalized spacial score (nSPS) is 10.5. The quantitative estimate of drug-likeness (QED) is 0.114. The minimum absolute atomic E-state index is 0. The molecular formula is C133H197N7. The van der Waals surface area contributed by atoms with E-state index < -0.39 is 0 Å². The monoisotopic (exact) mass is 1890 g/mol. The van der Waals surface area contributed by atoms with E-state index in [0.29, 0.717) is 76.9 Å². The smallest absolute Gasteiger partial charge is 0.0410 e. The van der Waals surface area contributed by atoms with E-state index in [1.54, 1.807) is 0 Å². The molecule has 0 fully saturated rings. The summed E-state index contributed by atoms with van der Waals surface area (Å²) in [4.78, 5) is 29.4. The van der Waals surface area contributed by atoms with Gasteiger partial charge in [0, 0.05) is 83.2 Å². The van der Waals surface area contributed by atoms with Crippen LogP contribution in [0, 0.1) is 152 Å². The first-order valence-corrected chi connectivity index (χ1v) is 51.7. The third-order valence-electron chi connectivity index (χ3n) is 24.9. The number of pyridine rings is 7. The third-order valence-corrected chi connectivity index (χ3v) is 24.9. The molecule has 7 nitrogen and oxygen atoms in total. The van der Waals surface area contributed by atoms with Gasteiger partial charge in [0.1, 0.15) is 0 Å². The molecular weight excluding hydrogens is 1700 g/mol. The van der Waals surface area contributed by atoms with Crippen molar-refractivity contribution in [2.24, 2.45) is 0 Å². The maximum Gasteiger partial charge on any atom is 0.0410 e. The molecule has 0 radical (unpaired) electrons. The average molecular weight is 1890 g/mol. The van der Waals surface area contributed by atoms with Crippen molar-refractivity contribution in [1.82, 2.24) is 34.9 Å². The Morgan fingerprint density at radius 2 is 0.543 bits per heavy atom. The molecule has 0 aliphatic carbocycles. The summed E-state index contributed by atoms with van der Waals surface area (Å²) >= 11 is 0. The number of aryl methyl sites for hydroxylation is 22. The van der Waals surface area contributed by atoms with Crippen molar-refractivity contribution >= 4 is 0 Å². The predicted octanol–water partition coefficient (Wildman–Crippen LogP) is 39.7. The van der Waals surface area contributed by atoms with Gasteiger partial charge in [-0.2, -0.15) is 0 Å². The second kappa shape index (κ2) is 66.9. The lowest BCUT2D eigenvalue weighted by Crippen LogP contribution is -1.95. The average Bonchev–Trinajstić information content (AvgIpc) is 0.836. The Labute approximate surface area is 860 Å². The van der Waals surface area contributed by atoms with Crippen LogP contribution in [0.4, 0.5) is 0 Å². The second-order valence-electron chi connectivity index (χ2n) is 42.5. The van der Waals surface area contributed by atoms with Gasteiger partial charge in [0.2, 0.25) is 0 Å². The molecule has 0 aliphatic rings. The first kappa shape index (κ1) is 129. The van der Waals surface area contributed by atoms with Gasteiger partial charge >= 0.3 is 0 Å². The molecule has 0 spiro atoms. The Bertz CT molecular complexity index is 5330. The van der Waals surface area contributed by atoms with Crippen LogP contribution in [0.5, 0.6) is 0 Å². The molecule has 0 unspecified atom stereocenters. The van der Waals surface area contributed by atoms with Gasteiger partial charge in [-0.25, -0.2) is 0 Å². The van der Waals surface area contributed by atoms with Gasteiger partial charge < -0.3 is 0 Å². The van der Waals surface area contributed by atoms with Crippen LogP contribution in [0.2, 0.25) is 0 Å². The molecule has 764 valence electrons. The highest BCUT2D eigenvalue weighted by Gasteiger charge is 2.12. The van der Waals surface area contributed by atoms with Gasteiger partial charge in [0.05, 0.1) is 0 Å². The standard InChI is InChI=1S/C12H18.4C11H16.3C10H15N.C10H14.4C9H13N.CH4/c1-8(2)12-7-10(4)9(3)6-11(12)5;2*1-8(2)11-6-5-9(3)10(4)7-11;1-8(2)11-6-5-9(3)7-10(11)4;1-8(2)11-7-9(3)5-6-10(11)4;1-7(2)10-5-8(3)11-9(4)6-10;1-7(2)10-5-8(3)6-11-9(10)4;1-7(2)10-6-5-8(3)11-9(10)4;1-8(2)10-6-4-5-9(3)7-10;1-7(2)9-4-5-10-6-8(9)3;1-7(2)9-4-5-10-8(3)6-9;1-7(2)9-6-10-5-4-8(9)3;1-7(2)9-5-4-6-10-8(9)3;/h6-8H,1-5H3;4*5-8H,1-4H3;3*5-7H,1-4H3;4-8H,1-3H3;4*4-7H,1-3H3;1H4. The predicted molar refractivity (Wildman–Crippen MR) is 622 cm³/mol. The molecule has 7 aromatic heterocycles. The van der Waals surface area contributed by atoms with Crippen LogP contribution in [-0.4, -0.2) is 34.9 Å². The van der Waals surface area contributed by atoms with Crippen LogP contribution in [0.1, 0.15) is 460 Å². The van der Waals surface area contributed by atoms with Gasteiger partial charge in [0.25, 0.3) is 0 Å². The van der Waals surface area contributed by atoms with E-state index in [2.05, 4.69) is 509 Å². The maximum atomic E-state index is 4.39. The van der Waals surface area contributed by atoms with Crippen molar-refractivity contribution in [3.05, 3.63) is 415 Å². The van der Waals surface area contributed by atoms with E-state index in [9.17, 15) is 0 Å². The molecule has 13 aromatic rings. The summed E-state index contributed by atoms with van der Waals surface area (Å²) < 4.78 is 0. The fourth-order valence-electron chi connectivity index (χ4n) is 15.7. The van der Waals surface area contributed by atoms with E-state index >= 15 is 0 Å². The van der Waals surface area contributed by atoms with Crippen molar-refractivity contribution in [3.8, 4) is 0 Å². The van der Waals surface area contributed by atoms with Crippen molar-refractivity contribution < 1.29 is 0 Å². The summed E-state index contributed by atoms with van der Waals surface area (Å²) in [5.74, 6) is 8.08. The van der Waals surface area contributed by atoms with Crippen LogP contribution in [-0.2, 0) is 0 Å². The van der Waals surface area contributed by atoms with Gasteiger partial charge in [0.15, 0.2) is 0 Å². The highest BCUT2D eigenvalue weighted by atomic mass is 14.7. The van der Waals surface area contributed by atoms with Crippen molar-refractivity contribution in [3.63, 3.8) is 0 Å². The summed E-state index contributed by atoms with van der Waals surface area (Å²) in [6, 6.07) is 63.2. The van der Waals surface area contributed by atoms with Gasteiger partial charge in [-0.3, -0.25) is 34.9 Å². The Kier molecular flexibility index (Phi) is 61.9. The summed E-state index contributed by atoms with van der Waals surface area (Å²) in [6.07, 6.45) is 13.2. The topological polar surface area (TPSA) is 90.2 Å². The summed E-state index contributed by atoms with van der Waals surface area (Å²) in [5, 5.41) is 0. The second-order valence-corrected chi connectivity index (χ2v) is 42.5. The molecule has 7 heterocycles. The number of hydrogen-bond acceptors (Lipinski definition) is 7. The largest absolute Gasteiger partial charge is 0.264 e. The molecule has 6 aromatic carbocycles. The first-order valence-electron chi connectivity index (χ1n) is 51.7. The molecule has 7 heteroatoms. The lowest BCUT2D eigenvalue weighted by atomic mass is 9.94. The SMILES string of the molecule is C.Cc1cc(C(C)C)cc(C)n1.Cc1cc(C(C)C)ccn1.Cc1cc(C)c(C(C)C)cc1C.Cc1ccc(C(C)C)c(C)c1.Cc1ccc(C(C)C)c(C)n1.Cc1ccc(C(C)C)cc1C.Cc1ccc(C(C)C)cc1C.Cc1ccc(C)c(C(C)C)c1.Cc1cccc(C(C)C)c1.Cc1ccncc1C(C)C.Cc1cnc(C)c(C(C)C)c1.Cc1cnccc1C(C)C.Cc1ncccc1C(C)C. The van der Waals surface area contributed by atoms with Crippen LogP contribution < -0.4 is 0 Å². The van der Waals surface area contributed by atoms with E-state index in [1.807, 2.05) is 77.1 Å². The first-order chi connectivity index (χ1) is 64.8. The van der Waals surface area contributed by atoms with Gasteiger partial charge in [-0.05, 0) is 417 Å². The maximum absolute atomic E-state index is 4.39. The summed E-state index contributed by atoms with van der Waals surface area (Å²) in [7, 11) is 0. The highest BCUT2D eigenvalue weighted by Crippen LogP contribution is 2.28. The molecule has 140 heavy (non-hydrogen) atoms. The number of benzene rings is 6. The Morgan fingerprint density at radius 3 is 0.936 bits per heavy atom. The highest BCUT2D eigenvalue weighted by molar-refractivity contribution is 5.40. The molecule has 0 amide bonds. The molecule has 0 saturated carbocycles. The van der Waals surface area contributed by atoms with Crippen LogP contribution in [0.15, 0.2) is 219 Å². The fraction of sp³-hybridized carbons (Fsp3) is 0.466. The summed E-state index contributed by atoms with van der Waals surface area (Å²) in [6.45, 7) is 104. The molecule has 13 rings (SSSR count). The van der Waals surface area contributed by atoms with Crippen molar-refractivity contribution in [1.29, 1.82) is 0 Å². The summed E-state index contributed by atoms with van der Waals surface area (Å²) in [5.41, 5.74) is 46.8. The Morgan fingerprint density at radius 1 is 0.164 bits per heavy atom. The molecule has 0 bridgehead atoms. The van der Waals surface area contributed by atoms with E-state index in [4.69, 9.17) is 0 Å². The minimum atomic E-state index is 0. The van der Waals surface area contributed by atoms with Crippen LogP contribution in [0.25, 0.3) is 0 Å². The molecule has 0 atom stereocenters. The number of rotatable bonds is 13. The van der Waals surface area contributed by atoms with Gasteiger partial charge in [-0.1, -0.05) is 332 Å². The number of nitrogens with zero attached hydrogens (tertiary/aromatic N) is 7. The molecule has 0 aliphatic heterocycles. The Hall–Kier alpha value is -10.6. The van der Waals surface area contributed by atoms with Gasteiger partial charge in [-0.15, -0.1) is 0 Å². The molecule has 0 saturated heterocycles. The zero-order chi connectivity index (χ0) is 106. The van der Waals surface area contributed by atoms with E-state index in [1.165, 1.54) is 161 Å². The van der Waals surface area contributed by atoms with E-state index in [-0.39, 0.29) is 7.43 Å². The zero-order valence-electron chi connectivity index (χ0n) is 96.9. The third kappa shape index (κ3) is 50.7. The Balaban J connectivity index is 0.00000149. The van der Waals surface area contributed by atoms with Crippen molar-refractivity contribution in [2.45, 2.75) is 417 Å². The van der Waals surface area contributed by atoms with Crippen molar-refractivity contribution in [2.75, 3.05) is 0 Å². The van der Waals surface area contributed by atoms with E-state index in [0.717, 1.165) is 34.2 Å². The fourth-order valence-corrected chi connectivity index (χ4v) is 15.7. The molecule has 0 N–H and O–H groups in total. The van der Waals surface area contributed by atoms with Crippen LogP contribution >= 0.6 is 0 Å². The minimum Gasteiger partial charge on any atom is -0.264 e. The lowest BCUT2D eigenvalue weighted by molar-refractivity contribution is 0.839. The van der Waals surface area contributed by atoms with Crippen LogP contribution in [0.3, 0.4) is 0 Å².